The quantitative estimate of drug-likeness (QED) is 0.336. The maximum atomic E-state index is 13.9. The van der Waals surface area contributed by atoms with Crippen molar-refractivity contribution in [3.05, 3.63) is 87.4 Å². The van der Waals surface area contributed by atoms with E-state index in [0.717, 1.165) is 28.1 Å². The molecule has 0 fully saturated rings. The normalized spacial score (nSPS) is 12.0. The van der Waals surface area contributed by atoms with Crippen LogP contribution >= 0.6 is 11.6 Å². The average Bonchev–Trinajstić information content (AvgIpc) is 2.80. The third-order valence-electron chi connectivity index (χ3n) is 6.47. The van der Waals surface area contributed by atoms with Crippen LogP contribution in [0.15, 0.2) is 54.6 Å². The van der Waals surface area contributed by atoms with Gasteiger partial charge in [-0.3, -0.25) is 4.90 Å². The molecule has 3 rings (SSSR count). The molecule has 180 valence electrons. The van der Waals surface area contributed by atoms with Gasteiger partial charge in [0.25, 0.3) is 0 Å². The van der Waals surface area contributed by atoms with Gasteiger partial charge in [-0.15, -0.1) is 0 Å². The number of nitrogens with two attached hydrogens (primary N) is 1. The van der Waals surface area contributed by atoms with Crippen molar-refractivity contribution in [2.24, 2.45) is 0 Å². The van der Waals surface area contributed by atoms with Gasteiger partial charge in [-0.05, 0) is 73.1 Å². The Bertz CT molecular complexity index is 1110. The number of nitrogen functional groups attached to an aromatic ring is 1. The second-order valence-corrected chi connectivity index (χ2v) is 9.53. The number of halogens is 1. The van der Waals surface area contributed by atoms with Crippen molar-refractivity contribution in [3.8, 4) is 0 Å². The molecule has 0 heterocycles. The Morgan fingerprint density at radius 3 is 2.03 bits per heavy atom. The summed E-state index contributed by atoms with van der Waals surface area (Å²) in [5, 5.41) is 3.76. The highest BCUT2D eigenvalue weighted by Gasteiger charge is 2.26. The number of rotatable bonds is 7. The summed E-state index contributed by atoms with van der Waals surface area (Å²) >= 11 is 6.52. The fourth-order valence-electron chi connectivity index (χ4n) is 4.33. The summed E-state index contributed by atoms with van der Waals surface area (Å²) in [6.45, 7) is 12.5. The first-order valence-electron chi connectivity index (χ1n) is 12.0. The van der Waals surface area contributed by atoms with Crippen molar-refractivity contribution in [2.75, 3.05) is 16.0 Å². The lowest BCUT2D eigenvalue weighted by molar-refractivity contribution is 0.255. The Balaban J connectivity index is 2.08. The standard InChI is InChI=1S/C29H36ClN3O/c1-7-24-26(30)17-27(31)25(8-2)28(24)32-29(34)33(20(6)22-11-9-19(5)10-12-22)23-15-13-21(14-16-23)18(3)4/h9-18,20H,7-8,31H2,1-6H3,(H,32,34)/t20-/m0/s1. The molecule has 0 saturated carbocycles. The zero-order valence-corrected chi connectivity index (χ0v) is 21.8. The number of nitrogens with one attached hydrogen (secondary N) is 1. The molecule has 2 amide bonds. The van der Waals surface area contributed by atoms with Gasteiger partial charge >= 0.3 is 6.03 Å². The van der Waals surface area contributed by atoms with Gasteiger partial charge in [-0.1, -0.05) is 81.3 Å². The van der Waals surface area contributed by atoms with Crippen LogP contribution in [0.1, 0.15) is 74.4 Å². The Hall–Kier alpha value is -2.98. The molecule has 0 aliphatic heterocycles. The van der Waals surface area contributed by atoms with E-state index in [4.69, 9.17) is 17.3 Å². The van der Waals surface area contributed by atoms with E-state index < -0.39 is 0 Å². The highest BCUT2D eigenvalue weighted by Crippen LogP contribution is 2.36. The van der Waals surface area contributed by atoms with Gasteiger partial charge in [0.15, 0.2) is 0 Å². The van der Waals surface area contributed by atoms with Crippen LogP contribution in [0.4, 0.5) is 21.9 Å². The summed E-state index contributed by atoms with van der Waals surface area (Å²) in [6.07, 6.45) is 1.39. The lowest BCUT2D eigenvalue weighted by Gasteiger charge is -2.31. The third-order valence-corrected chi connectivity index (χ3v) is 6.80. The van der Waals surface area contributed by atoms with Crippen LogP contribution in [0.5, 0.6) is 0 Å². The fourth-order valence-corrected chi connectivity index (χ4v) is 4.68. The topological polar surface area (TPSA) is 58.4 Å². The van der Waals surface area contributed by atoms with Crippen molar-refractivity contribution < 1.29 is 4.79 Å². The smallest absolute Gasteiger partial charge is 0.326 e. The van der Waals surface area contributed by atoms with Crippen molar-refractivity contribution in [1.82, 2.24) is 0 Å². The Morgan fingerprint density at radius 1 is 0.941 bits per heavy atom. The molecule has 0 aliphatic rings. The summed E-state index contributed by atoms with van der Waals surface area (Å²) in [5.74, 6) is 0.416. The molecular formula is C29H36ClN3O. The number of hydrogen-bond donors (Lipinski definition) is 2. The lowest BCUT2D eigenvalue weighted by atomic mass is 10.00. The Morgan fingerprint density at radius 2 is 1.50 bits per heavy atom. The number of amides is 2. The summed E-state index contributed by atoms with van der Waals surface area (Å²) in [7, 11) is 0. The van der Waals surface area contributed by atoms with Gasteiger partial charge in [-0.25, -0.2) is 4.79 Å². The minimum absolute atomic E-state index is 0.183. The monoisotopic (exact) mass is 477 g/mol. The van der Waals surface area contributed by atoms with Gasteiger partial charge < -0.3 is 11.1 Å². The van der Waals surface area contributed by atoms with Crippen LogP contribution in [-0.2, 0) is 12.8 Å². The second kappa shape index (κ2) is 11.0. The summed E-state index contributed by atoms with van der Waals surface area (Å²) in [5.41, 5.74) is 13.7. The van der Waals surface area contributed by atoms with Crippen molar-refractivity contribution >= 4 is 34.7 Å². The average molecular weight is 478 g/mol. The van der Waals surface area contributed by atoms with Gasteiger partial charge in [0, 0.05) is 16.4 Å². The molecule has 34 heavy (non-hydrogen) atoms. The van der Waals surface area contributed by atoms with Crippen LogP contribution in [0.3, 0.4) is 0 Å². The van der Waals surface area contributed by atoms with Crippen LogP contribution in [0.25, 0.3) is 0 Å². The highest BCUT2D eigenvalue weighted by molar-refractivity contribution is 6.32. The lowest BCUT2D eigenvalue weighted by Crippen LogP contribution is -2.37. The summed E-state index contributed by atoms with van der Waals surface area (Å²) < 4.78 is 0. The first-order chi connectivity index (χ1) is 16.2. The first-order valence-corrected chi connectivity index (χ1v) is 12.4. The minimum atomic E-state index is -0.212. The van der Waals surface area contributed by atoms with Gasteiger partial charge in [0.2, 0.25) is 0 Å². The molecule has 1 atom stereocenters. The number of carbonyl (C=O) groups is 1. The van der Waals surface area contributed by atoms with E-state index in [0.29, 0.717) is 29.5 Å². The Labute approximate surface area is 209 Å². The van der Waals surface area contributed by atoms with Crippen molar-refractivity contribution in [2.45, 2.75) is 66.3 Å². The van der Waals surface area contributed by atoms with E-state index in [2.05, 4.69) is 69.4 Å². The molecule has 0 spiro atoms. The predicted octanol–water partition coefficient (Wildman–Crippen LogP) is 8.28. The second-order valence-electron chi connectivity index (χ2n) is 9.12. The molecule has 4 nitrogen and oxygen atoms in total. The molecule has 0 aromatic heterocycles. The molecule has 5 heteroatoms. The number of urea groups is 1. The van der Waals surface area contributed by atoms with Crippen LogP contribution in [-0.4, -0.2) is 6.03 Å². The molecule has 0 aliphatic carbocycles. The third kappa shape index (κ3) is 5.39. The molecule has 0 unspecified atom stereocenters. The largest absolute Gasteiger partial charge is 0.398 e. The van der Waals surface area contributed by atoms with E-state index in [9.17, 15) is 4.79 Å². The predicted molar refractivity (Wildman–Crippen MR) is 146 cm³/mol. The maximum absolute atomic E-state index is 13.9. The minimum Gasteiger partial charge on any atom is -0.398 e. The molecule has 3 aromatic carbocycles. The number of nitrogens with zero attached hydrogens (tertiary/aromatic N) is 1. The van der Waals surface area contributed by atoms with E-state index in [1.807, 2.05) is 30.9 Å². The van der Waals surface area contributed by atoms with Crippen molar-refractivity contribution in [1.29, 1.82) is 0 Å². The molecule has 0 bridgehead atoms. The van der Waals surface area contributed by atoms with Crippen molar-refractivity contribution in [3.63, 3.8) is 0 Å². The van der Waals surface area contributed by atoms with E-state index in [-0.39, 0.29) is 12.1 Å². The van der Waals surface area contributed by atoms with Gasteiger partial charge in [0.05, 0.1) is 11.7 Å². The van der Waals surface area contributed by atoms with Crippen LogP contribution in [0, 0.1) is 6.92 Å². The fraction of sp³-hybridized carbons (Fsp3) is 0.345. The molecule has 3 aromatic rings. The highest BCUT2D eigenvalue weighted by atomic mass is 35.5. The summed E-state index contributed by atoms with van der Waals surface area (Å²) in [6, 6.07) is 17.9. The number of carbonyl (C=O) groups excluding carboxylic acids is 1. The van der Waals surface area contributed by atoms with E-state index >= 15 is 0 Å². The first kappa shape index (κ1) is 25.6. The molecule has 0 saturated heterocycles. The maximum Gasteiger partial charge on any atom is 0.326 e. The van der Waals surface area contributed by atoms with Gasteiger partial charge in [0.1, 0.15) is 0 Å². The molecular weight excluding hydrogens is 442 g/mol. The van der Waals surface area contributed by atoms with Crippen LogP contribution < -0.4 is 16.0 Å². The zero-order valence-electron chi connectivity index (χ0n) is 21.1. The SMILES string of the molecule is CCc1c(N)cc(Cl)c(CC)c1NC(=O)N(c1ccc(C(C)C)cc1)[C@@H](C)c1ccc(C)cc1. The number of benzene rings is 3. The van der Waals surface area contributed by atoms with Gasteiger partial charge in [-0.2, -0.15) is 0 Å². The van der Waals surface area contributed by atoms with E-state index in [1.54, 1.807) is 6.07 Å². The summed E-state index contributed by atoms with van der Waals surface area (Å²) in [4.78, 5) is 15.7. The molecule has 0 radical (unpaired) electrons. The Kier molecular flexibility index (Phi) is 8.27. The van der Waals surface area contributed by atoms with E-state index in [1.165, 1.54) is 11.1 Å². The van der Waals surface area contributed by atoms with Crippen LogP contribution in [0.2, 0.25) is 5.02 Å². The number of anilines is 3. The number of aryl methyl sites for hydroxylation is 1. The molecule has 3 N–H and O–H groups in total. The number of hydrogen-bond acceptors (Lipinski definition) is 2. The zero-order chi connectivity index (χ0) is 25.0.